The van der Waals surface area contributed by atoms with Crippen LogP contribution in [0.3, 0.4) is 0 Å². The summed E-state index contributed by atoms with van der Waals surface area (Å²) in [6, 6.07) is 10.1. The van der Waals surface area contributed by atoms with Gasteiger partial charge in [0.15, 0.2) is 0 Å². The minimum absolute atomic E-state index is 0.331. The third-order valence-electron chi connectivity index (χ3n) is 2.54. The van der Waals surface area contributed by atoms with Gasteiger partial charge in [-0.15, -0.1) is 11.8 Å². The number of halogens is 1. The highest BCUT2D eigenvalue weighted by Gasteiger charge is 2.12. The number of aliphatic hydroxyl groups is 1. The predicted octanol–water partition coefficient (Wildman–Crippen LogP) is 3.35. The van der Waals surface area contributed by atoms with E-state index >= 15 is 0 Å². The van der Waals surface area contributed by atoms with E-state index in [1.54, 1.807) is 24.4 Å². The van der Waals surface area contributed by atoms with E-state index in [1.165, 1.54) is 17.8 Å². The van der Waals surface area contributed by atoms with E-state index < -0.39 is 6.10 Å². The Balaban J connectivity index is 1.98. The maximum absolute atomic E-state index is 13.4. The minimum atomic E-state index is -0.820. The first-order valence-electron chi connectivity index (χ1n) is 5.65. The van der Waals surface area contributed by atoms with Gasteiger partial charge >= 0.3 is 0 Å². The summed E-state index contributed by atoms with van der Waals surface area (Å²) in [6.07, 6.45) is 0.956. The number of benzene rings is 1. The SMILES string of the molecule is Cc1ccc(SCC(O)c2ccccc2F)nc1. The number of nitrogens with zero attached hydrogens (tertiary/aromatic N) is 1. The van der Waals surface area contributed by atoms with E-state index in [0.717, 1.165) is 10.6 Å². The van der Waals surface area contributed by atoms with Gasteiger partial charge in [-0.2, -0.15) is 0 Å². The number of aromatic nitrogens is 1. The van der Waals surface area contributed by atoms with Crippen LogP contribution < -0.4 is 0 Å². The van der Waals surface area contributed by atoms with Crippen molar-refractivity contribution in [1.29, 1.82) is 0 Å². The lowest BCUT2D eigenvalue weighted by Gasteiger charge is -2.11. The zero-order valence-corrected chi connectivity index (χ0v) is 10.8. The van der Waals surface area contributed by atoms with Gasteiger partial charge in [-0.25, -0.2) is 9.37 Å². The fourth-order valence-electron chi connectivity index (χ4n) is 1.54. The van der Waals surface area contributed by atoms with Crippen molar-refractivity contribution < 1.29 is 9.50 Å². The van der Waals surface area contributed by atoms with Crippen LogP contribution in [0, 0.1) is 12.7 Å². The van der Waals surface area contributed by atoms with E-state index in [2.05, 4.69) is 4.98 Å². The van der Waals surface area contributed by atoms with Crippen molar-refractivity contribution in [3.05, 3.63) is 59.5 Å². The molecule has 0 aliphatic rings. The van der Waals surface area contributed by atoms with Gasteiger partial charge in [0.2, 0.25) is 0 Å². The Kier molecular flexibility index (Phi) is 4.33. The van der Waals surface area contributed by atoms with Crippen LogP contribution in [0.5, 0.6) is 0 Å². The molecule has 0 saturated heterocycles. The average Bonchev–Trinajstić information content (AvgIpc) is 2.38. The summed E-state index contributed by atoms with van der Waals surface area (Å²) in [5, 5.41) is 10.8. The monoisotopic (exact) mass is 263 g/mol. The Morgan fingerprint density at radius 2 is 2.06 bits per heavy atom. The predicted molar refractivity (Wildman–Crippen MR) is 71.1 cm³/mol. The normalized spacial score (nSPS) is 12.4. The van der Waals surface area contributed by atoms with Gasteiger partial charge in [-0.1, -0.05) is 24.3 Å². The Bertz CT molecular complexity index is 515. The van der Waals surface area contributed by atoms with Gasteiger partial charge in [0.1, 0.15) is 5.82 Å². The number of rotatable bonds is 4. The fourth-order valence-corrected chi connectivity index (χ4v) is 2.34. The molecule has 0 amide bonds. The van der Waals surface area contributed by atoms with Gasteiger partial charge in [-0.3, -0.25) is 0 Å². The molecule has 1 aromatic carbocycles. The first kappa shape index (κ1) is 13.1. The van der Waals surface area contributed by atoms with Crippen LogP contribution in [0.4, 0.5) is 4.39 Å². The summed E-state index contributed by atoms with van der Waals surface area (Å²) in [4.78, 5) is 4.22. The molecule has 4 heteroatoms. The third kappa shape index (κ3) is 3.31. The molecule has 1 atom stereocenters. The number of hydrogen-bond donors (Lipinski definition) is 1. The zero-order valence-electron chi connectivity index (χ0n) is 10.0. The molecule has 1 aromatic heterocycles. The molecule has 0 spiro atoms. The van der Waals surface area contributed by atoms with Crippen molar-refractivity contribution in [2.45, 2.75) is 18.1 Å². The van der Waals surface area contributed by atoms with Crippen molar-refractivity contribution in [2.75, 3.05) is 5.75 Å². The molecule has 0 saturated carbocycles. The second-order valence-electron chi connectivity index (χ2n) is 4.02. The standard InChI is InChI=1S/C14H14FNOS/c1-10-6-7-14(16-8-10)18-9-13(17)11-4-2-3-5-12(11)15/h2-8,13,17H,9H2,1H3. The summed E-state index contributed by atoms with van der Waals surface area (Å²) >= 11 is 1.41. The molecule has 1 heterocycles. The smallest absolute Gasteiger partial charge is 0.129 e. The van der Waals surface area contributed by atoms with Crippen molar-refractivity contribution in [1.82, 2.24) is 4.98 Å². The number of aryl methyl sites for hydroxylation is 1. The van der Waals surface area contributed by atoms with Crippen molar-refractivity contribution in [2.24, 2.45) is 0 Å². The van der Waals surface area contributed by atoms with Gasteiger partial charge in [-0.05, 0) is 24.6 Å². The molecule has 18 heavy (non-hydrogen) atoms. The Morgan fingerprint density at radius 3 is 2.72 bits per heavy atom. The van der Waals surface area contributed by atoms with E-state index in [9.17, 15) is 9.50 Å². The minimum Gasteiger partial charge on any atom is -0.387 e. The molecule has 2 aromatic rings. The van der Waals surface area contributed by atoms with E-state index in [-0.39, 0.29) is 5.82 Å². The molecule has 0 aliphatic carbocycles. The van der Waals surface area contributed by atoms with Crippen LogP contribution in [0.2, 0.25) is 0 Å². The van der Waals surface area contributed by atoms with Gasteiger partial charge in [0.05, 0.1) is 11.1 Å². The number of thioether (sulfide) groups is 1. The highest BCUT2D eigenvalue weighted by molar-refractivity contribution is 7.99. The van der Waals surface area contributed by atoms with Crippen LogP contribution in [0.25, 0.3) is 0 Å². The molecule has 1 N–H and O–H groups in total. The topological polar surface area (TPSA) is 33.1 Å². The molecule has 0 aliphatic heterocycles. The second kappa shape index (κ2) is 5.98. The molecule has 94 valence electrons. The zero-order chi connectivity index (χ0) is 13.0. The molecule has 2 nitrogen and oxygen atoms in total. The molecule has 2 rings (SSSR count). The van der Waals surface area contributed by atoms with Crippen molar-refractivity contribution >= 4 is 11.8 Å². The molecule has 0 bridgehead atoms. The largest absolute Gasteiger partial charge is 0.387 e. The third-order valence-corrected chi connectivity index (χ3v) is 3.56. The van der Waals surface area contributed by atoms with Crippen LogP contribution in [-0.2, 0) is 0 Å². The summed E-state index contributed by atoms with van der Waals surface area (Å²) in [6.45, 7) is 1.97. The quantitative estimate of drug-likeness (QED) is 0.859. The second-order valence-corrected chi connectivity index (χ2v) is 5.06. The lowest BCUT2D eigenvalue weighted by Crippen LogP contribution is -2.03. The highest BCUT2D eigenvalue weighted by Crippen LogP contribution is 2.24. The highest BCUT2D eigenvalue weighted by atomic mass is 32.2. The van der Waals surface area contributed by atoms with Crippen molar-refractivity contribution in [3.8, 4) is 0 Å². The molecular formula is C14H14FNOS. The first-order chi connectivity index (χ1) is 8.66. The van der Waals surface area contributed by atoms with Gasteiger partial charge in [0.25, 0.3) is 0 Å². The average molecular weight is 263 g/mol. The maximum atomic E-state index is 13.4. The molecule has 0 fully saturated rings. The Labute approximate surface area is 110 Å². The summed E-state index contributed by atoms with van der Waals surface area (Å²) in [5.41, 5.74) is 1.42. The number of aliphatic hydroxyl groups excluding tert-OH is 1. The summed E-state index contributed by atoms with van der Waals surface area (Å²) < 4.78 is 13.4. The van der Waals surface area contributed by atoms with Crippen LogP contribution >= 0.6 is 11.8 Å². The first-order valence-corrected chi connectivity index (χ1v) is 6.63. The van der Waals surface area contributed by atoms with E-state index in [1.807, 2.05) is 19.1 Å². The van der Waals surface area contributed by atoms with Crippen LogP contribution in [0.1, 0.15) is 17.2 Å². The van der Waals surface area contributed by atoms with Gasteiger partial charge in [0, 0.05) is 17.5 Å². The van der Waals surface area contributed by atoms with E-state index in [0.29, 0.717) is 11.3 Å². The molecular weight excluding hydrogens is 249 g/mol. The number of hydrogen-bond acceptors (Lipinski definition) is 3. The number of pyridine rings is 1. The van der Waals surface area contributed by atoms with E-state index in [4.69, 9.17) is 0 Å². The maximum Gasteiger partial charge on any atom is 0.129 e. The Hall–Kier alpha value is -1.39. The molecule has 0 radical (unpaired) electrons. The van der Waals surface area contributed by atoms with Crippen LogP contribution in [0.15, 0.2) is 47.6 Å². The lowest BCUT2D eigenvalue weighted by atomic mass is 10.1. The van der Waals surface area contributed by atoms with Gasteiger partial charge < -0.3 is 5.11 Å². The fraction of sp³-hybridized carbons (Fsp3) is 0.214. The summed E-state index contributed by atoms with van der Waals surface area (Å²) in [5.74, 6) is 0.0132. The van der Waals surface area contributed by atoms with Crippen LogP contribution in [-0.4, -0.2) is 15.8 Å². The summed E-state index contributed by atoms with van der Waals surface area (Å²) in [7, 11) is 0. The van der Waals surface area contributed by atoms with Crippen molar-refractivity contribution in [3.63, 3.8) is 0 Å². The lowest BCUT2D eigenvalue weighted by molar-refractivity contribution is 0.199. The Morgan fingerprint density at radius 1 is 1.28 bits per heavy atom. The molecule has 1 unspecified atom stereocenters.